The number of benzene rings is 5. The van der Waals surface area contributed by atoms with E-state index in [-0.39, 0.29) is 12.5 Å². The van der Waals surface area contributed by atoms with Gasteiger partial charge in [0.2, 0.25) is 5.90 Å². The predicted molar refractivity (Wildman–Crippen MR) is 200 cm³/mol. The average molecular weight is 666 g/mol. The first kappa shape index (κ1) is 34.4. The van der Waals surface area contributed by atoms with Crippen molar-refractivity contribution in [1.29, 1.82) is 0 Å². The molecule has 0 aromatic heterocycles. The highest BCUT2D eigenvalue weighted by molar-refractivity contribution is 6.01. The fourth-order valence-electron chi connectivity index (χ4n) is 6.01. The molecule has 2 atom stereocenters. The number of aliphatic imine (C=N–C) groups is 1. The molecule has 7 heteroatoms. The van der Waals surface area contributed by atoms with E-state index in [1.807, 2.05) is 115 Å². The van der Waals surface area contributed by atoms with Crippen LogP contribution in [0.3, 0.4) is 0 Å². The number of hydrazine groups is 1. The molecule has 5 aromatic carbocycles. The summed E-state index contributed by atoms with van der Waals surface area (Å²) in [5.74, 6) is 0.797. The number of amides is 1. The van der Waals surface area contributed by atoms with Crippen LogP contribution in [0.4, 0.5) is 0 Å². The molecule has 0 unspecified atom stereocenters. The van der Waals surface area contributed by atoms with Gasteiger partial charge in [-0.2, -0.15) is 0 Å². The third kappa shape index (κ3) is 8.74. The van der Waals surface area contributed by atoms with Crippen molar-refractivity contribution in [3.63, 3.8) is 0 Å². The highest BCUT2D eigenvalue weighted by Crippen LogP contribution is 2.43. The number of hydrogen-bond acceptors (Lipinski definition) is 6. The third-order valence-electron chi connectivity index (χ3n) is 8.70. The minimum absolute atomic E-state index is 0.0706. The van der Waals surface area contributed by atoms with E-state index in [0.29, 0.717) is 37.6 Å². The third-order valence-corrected chi connectivity index (χ3v) is 8.70. The van der Waals surface area contributed by atoms with E-state index in [9.17, 15) is 4.79 Å². The van der Waals surface area contributed by atoms with Gasteiger partial charge in [0.15, 0.2) is 11.6 Å². The molecule has 3 N–H and O–H groups in total. The fraction of sp³-hybridized carbons (Fsp3) is 0.209. The van der Waals surface area contributed by atoms with Gasteiger partial charge in [-0.15, -0.1) is 0 Å². The summed E-state index contributed by atoms with van der Waals surface area (Å²) < 4.78 is 12.4. The van der Waals surface area contributed by atoms with Gasteiger partial charge < -0.3 is 14.6 Å². The minimum Gasteiger partial charge on any atom is -0.494 e. The molecule has 254 valence electrons. The van der Waals surface area contributed by atoms with Gasteiger partial charge in [0.25, 0.3) is 5.91 Å². The minimum atomic E-state index is -1.31. The fourth-order valence-corrected chi connectivity index (χ4v) is 6.01. The van der Waals surface area contributed by atoms with Crippen molar-refractivity contribution < 1.29 is 19.4 Å². The zero-order valence-corrected chi connectivity index (χ0v) is 28.1. The maximum absolute atomic E-state index is 14.5. The standard InChI is InChI=1S/C43H43N3O4/c47-31-12-32-49-39-27-25-38(26-28-39)41-45-43(29-10-17-33-13-4-1-5-14-33,42(48)46-44-30-11-18-34-15-6-2-7-16-34)40(50-41)37-23-21-36(22-24-37)35-19-8-3-9-20-35/h1-10,13-17,19-28,40,44,47H,11-12,18,29-32H2,(H,46,48)/b17-10+/t40-,43-/m0/s1. The van der Waals surface area contributed by atoms with Crippen LogP contribution < -0.4 is 15.6 Å². The molecule has 1 aliphatic rings. The molecule has 1 aliphatic heterocycles. The second-order valence-corrected chi connectivity index (χ2v) is 12.3. The van der Waals surface area contributed by atoms with Crippen LogP contribution in [-0.4, -0.2) is 42.2 Å². The number of carbonyl (C=O) groups excluding carboxylic acids is 1. The van der Waals surface area contributed by atoms with Gasteiger partial charge in [-0.1, -0.05) is 127 Å². The summed E-state index contributed by atoms with van der Waals surface area (Å²) in [6, 6.07) is 46.2. The average Bonchev–Trinajstić information content (AvgIpc) is 3.57. The monoisotopic (exact) mass is 665 g/mol. The Labute approximate surface area is 294 Å². The van der Waals surface area contributed by atoms with Crippen molar-refractivity contribution in [2.75, 3.05) is 19.8 Å². The molecule has 1 amide bonds. The summed E-state index contributed by atoms with van der Waals surface area (Å²) in [5.41, 5.74) is 10.9. The number of nitrogens with one attached hydrogen (secondary N) is 2. The van der Waals surface area contributed by atoms with Crippen LogP contribution in [0.1, 0.15) is 47.6 Å². The number of carbonyl (C=O) groups is 1. The lowest BCUT2D eigenvalue weighted by Gasteiger charge is -2.30. The van der Waals surface area contributed by atoms with E-state index in [1.165, 1.54) is 5.56 Å². The summed E-state index contributed by atoms with van der Waals surface area (Å²) in [4.78, 5) is 19.6. The van der Waals surface area contributed by atoms with Gasteiger partial charge in [0.05, 0.1) is 6.61 Å². The van der Waals surface area contributed by atoms with Crippen LogP contribution in [0.5, 0.6) is 5.75 Å². The molecule has 0 radical (unpaired) electrons. The first-order chi connectivity index (χ1) is 24.6. The maximum Gasteiger partial charge on any atom is 0.266 e. The molecule has 6 rings (SSSR count). The number of aryl methyl sites for hydroxylation is 1. The number of aliphatic hydroxyl groups excluding tert-OH is 1. The lowest BCUT2D eigenvalue weighted by Crippen LogP contribution is -2.52. The van der Waals surface area contributed by atoms with Crippen LogP contribution in [0, 0.1) is 0 Å². The Bertz CT molecular complexity index is 1840. The van der Waals surface area contributed by atoms with Crippen LogP contribution in [-0.2, 0) is 16.0 Å². The summed E-state index contributed by atoms with van der Waals surface area (Å²) >= 11 is 0. The molecule has 0 saturated heterocycles. The van der Waals surface area contributed by atoms with E-state index in [0.717, 1.165) is 40.7 Å². The summed E-state index contributed by atoms with van der Waals surface area (Å²) in [6.07, 6.45) is 5.93. The Morgan fingerprint density at radius 3 is 2.12 bits per heavy atom. The van der Waals surface area contributed by atoms with E-state index in [1.54, 1.807) is 0 Å². The molecule has 0 saturated carbocycles. The van der Waals surface area contributed by atoms with E-state index < -0.39 is 11.6 Å². The number of ether oxygens (including phenoxy) is 2. The summed E-state index contributed by atoms with van der Waals surface area (Å²) in [6.45, 7) is 1.09. The van der Waals surface area contributed by atoms with Crippen molar-refractivity contribution in [2.45, 2.75) is 37.3 Å². The molecule has 0 spiro atoms. The number of nitrogens with zero attached hydrogens (tertiary/aromatic N) is 1. The second-order valence-electron chi connectivity index (χ2n) is 12.3. The van der Waals surface area contributed by atoms with E-state index >= 15 is 0 Å². The lowest BCUT2D eigenvalue weighted by atomic mass is 9.84. The number of rotatable bonds is 16. The van der Waals surface area contributed by atoms with Crippen molar-refractivity contribution in [1.82, 2.24) is 10.9 Å². The van der Waals surface area contributed by atoms with Crippen LogP contribution in [0.15, 0.2) is 151 Å². The van der Waals surface area contributed by atoms with Crippen LogP contribution in [0.2, 0.25) is 0 Å². The molecule has 0 aliphatic carbocycles. The summed E-state index contributed by atoms with van der Waals surface area (Å²) in [7, 11) is 0. The Hall–Kier alpha value is -5.50. The topological polar surface area (TPSA) is 92.2 Å². The van der Waals surface area contributed by atoms with Gasteiger partial charge in [0, 0.05) is 31.6 Å². The molecule has 0 fully saturated rings. The van der Waals surface area contributed by atoms with Crippen molar-refractivity contribution in [3.05, 3.63) is 168 Å². The van der Waals surface area contributed by atoms with Gasteiger partial charge >= 0.3 is 0 Å². The van der Waals surface area contributed by atoms with Crippen LogP contribution >= 0.6 is 0 Å². The van der Waals surface area contributed by atoms with E-state index in [2.05, 4.69) is 47.2 Å². The Balaban J connectivity index is 1.30. The number of aliphatic hydroxyl groups is 1. The summed E-state index contributed by atoms with van der Waals surface area (Å²) in [5, 5.41) is 9.12. The zero-order valence-electron chi connectivity index (χ0n) is 28.1. The van der Waals surface area contributed by atoms with Crippen molar-refractivity contribution >= 4 is 17.9 Å². The van der Waals surface area contributed by atoms with Gasteiger partial charge in [-0.3, -0.25) is 10.2 Å². The van der Waals surface area contributed by atoms with E-state index in [4.69, 9.17) is 19.6 Å². The van der Waals surface area contributed by atoms with Gasteiger partial charge in [-0.25, -0.2) is 10.4 Å². The highest BCUT2D eigenvalue weighted by Gasteiger charge is 2.52. The molecular weight excluding hydrogens is 622 g/mol. The molecule has 7 nitrogen and oxygen atoms in total. The second kappa shape index (κ2) is 17.2. The predicted octanol–water partition coefficient (Wildman–Crippen LogP) is 7.73. The molecule has 1 heterocycles. The highest BCUT2D eigenvalue weighted by atomic mass is 16.5. The maximum atomic E-state index is 14.5. The lowest BCUT2D eigenvalue weighted by molar-refractivity contribution is -0.129. The largest absolute Gasteiger partial charge is 0.494 e. The zero-order chi connectivity index (χ0) is 34.4. The first-order valence-corrected chi connectivity index (χ1v) is 17.2. The number of hydrogen-bond donors (Lipinski definition) is 3. The Morgan fingerprint density at radius 1 is 0.780 bits per heavy atom. The SMILES string of the molecule is O=C(NNCCCc1ccccc1)[C@@]1(C/C=C/c2ccccc2)N=C(c2ccc(OCCCO)cc2)O[C@H]1c1ccc(-c2ccccc2)cc1. The Kier molecular flexibility index (Phi) is 11.9. The molecular formula is C43H43N3O4. The Morgan fingerprint density at radius 2 is 1.42 bits per heavy atom. The quantitative estimate of drug-likeness (QED) is 0.0742. The van der Waals surface area contributed by atoms with Crippen LogP contribution in [0.25, 0.3) is 17.2 Å². The molecule has 50 heavy (non-hydrogen) atoms. The van der Waals surface area contributed by atoms with Crippen molar-refractivity contribution in [3.8, 4) is 16.9 Å². The van der Waals surface area contributed by atoms with Gasteiger partial charge in [-0.05, 0) is 64.9 Å². The molecule has 5 aromatic rings. The van der Waals surface area contributed by atoms with Gasteiger partial charge in [0.1, 0.15) is 5.75 Å². The smallest absolute Gasteiger partial charge is 0.266 e. The molecule has 0 bridgehead atoms. The normalized spacial score (nSPS) is 16.9. The van der Waals surface area contributed by atoms with Crippen molar-refractivity contribution in [2.24, 2.45) is 4.99 Å². The first-order valence-electron chi connectivity index (χ1n) is 17.2.